The highest BCUT2D eigenvalue weighted by atomic mass is 32.2. The van der Waals surface area contributed by atoms with E-state index in [2.05, 4.69) is 38.2 Å². The van der Waals surface area contributed by atoms with E-state index in [1.807, 2.05) is 0 Å². The van der Waals surface area contributed by atoms with Crippen LogP contribution in [0.1, 0.15) is 45.3 Å². The van der Waals surface area contributed by atoms with Gasteiger partial charge in [0.15, 0.2) is 9.84 Å². The summed E-state index contributed by atoms with van der Waals surface area (Å²) in [6.07, 6.45) is 7.32. The van der Waals surface area contributed by atoms with Crippen molar-refractivity contribution in [3.05, 3.63) is 64.6 Å². The van der Waals surface area contributed by atoms with Crippen LogP contribution >= 0.6 is 0 Å². The Kier molecular flexibility index (Phi) is 10.4. The fourth-order valence-electron chi connectivity index (χ4n) is 2.32. The first-order chi connectivity index (χ1) is 13.6. The third kappa shape index (κ3) is 11.9. The quantitative estimate of drug-likeness (QED) is 0.422. The monoisotopic (exact) mass is 421 g/mol. The maximum Gasteiger partial charge on any atom is 0.244 e. The van der Waals surface area contributed by atoms with Gasteiger partial charge in [-0.3, -0.25) is 4.79 Å². The number of hydrogen-bond acceptors (Lipinski definition) is 5. The zero-order valence-electron chi connectivity index (χ0n) is 17.5. The van der Waals surface area contributed by atoms with Gasteiger partial charge in [0.2, 0.25) is 5.91 Å². The number of nitrogens with one attached hydrogen (secondary N) is 1. The highest BCUT2D eigenvalue weighted by Gasteiger charge is 2.09. The first kappa shape index (κ1) is 24.7. The summed E-state index contributed by atoms with van der Waals surface area (Å²) in [6, 6.07) is 6.97. The topological polar surface area (TPSA) is 92.7 Å². The summed E-state index contributed by atoms with van der Waals surface area (Å²) >= 11 is 0. The predicted octanol–water partition coefficient (Wildman–Crippen LogP) is 3.47. The summed E-state index contributed by atoms with van der Waals surface area (Å²) in [6.45, 7) is 6.71. The summed E-state index contributed by atoms with van der Waals surface area (Å²) in [5.74, 6) is 0.107. The molecule has 2 N–H and O–H groups in total. The van der Waals surface area contributed by atoms with E-state index >= 15 is 0 Å². The maximum absolute atomic E-state index is 11.5. The fraction of sp³-hybridized carbons (Fsp3) is 0.409. The molecule has 0 heterocycles. The van der Waals surface area contributed by atoms with E-state index in [9.17, 15) is 18.3 Å². The predicted molar refractivity (Wildman–Crippen MR) is 116 cm³/mol. The molecule has 6 nitrogen and oxygen atoms in total. The summed E-state index contributed by atoms with van der Waals surface area (Å²) in [5, 5.41) is 13.4. The zero-order chi connectivity index (χ0) is 21.9. The number of rotatable bonds is 11. The standard InChI is InChI=1S/C22H31NO5S/c1-17(2)6-5-7-18(3)12-14-28-20-10-8-19(9-11-20)21(24)16-23-22(25)13-15-29(4,26)27/h6,8-13,15,21,24H,5,7,14,16H2,1-4H3,(H,23,25)/b15-13+,18-12+/t21-/m0/s1. The zero-order valence-corrected chi connectivity index (χ0v) is 18.3. The largest absolute Gasteiger partial charge is 0.490 e. The Morgan fingerprint density at radius 1 is 1.17 bits per heavy atom. The number of allylic oxidation sites excluding steroid dienone is 3. The Labute approximate surface area is 173 Å². The van der Waals surface area contributed by atoms with Crippen LogP contribution in [-0.4, -0.2) is 38.8 Å². The van der Waals surface area contributed by atoms with Gasteiger partial charge in [0.05, 0.1) is 6.10 Å². The first-order valence-electron chi connectivity index (χ1n) is 9.42. The van der Waals surface area contributed by atoms with Gasteiger partial charge in [-0.2, -0.15) is 0 Å². The highest BCUT2D eigenvalue weighted by Crippen LogP contribution is 2.18. The van der Waals surface area contributed by atoms with E-state index in [0.717, 1.165) is 30.6 Å². The van der Waals surface area contributed by atoms with Crippen LogP contribution < -0.4 is 10.1 Å². The highest BCUT2D eigenvalue weighted by molar-refractivity contribution is 7.93. The summed E-state index contributed by atoms with van der Waals surface area (Å²) in [7, 11) is -3.36. The Hall–Kier alpha value is -2.38. The number of carbonyl (C=O) groups is 1. The molecule has 7 heteroatoms. The molecular weight excluding hydrogens is 390 g/mol. The minimum absolute atomic E-state index is 0.0270. The van der Waals surface area contributed by atoms with Crippen molar-refractivity contribution in [3.8, 4) is 5.75 Å². The molecule has 1 aromatic rings. The molecule has 0 saturated heterocycles. The molecule has 0 aliphatic heterocycles. The Balaban J connectivity index is 2.45. The lowest BCUT2D eigenvalue weighted by molar-refractivity contribution is -0.116. The van der Waals surface area contributed by atoms with Crippen LogP contribution in [0.3, 0.4) is 0 Å². The average Bonchev–Trinajstić information content (AvgIpc) is 2.64. The van der Waals surface area contributed by atoms with Gasteiger partial charge >= 0.3 is 0 Å². The second-order valence-corrected chi connectivity index (χ2v) is 9.08. The third-order valence-electron chi connectivity index (χ3n) is 3.97. The van der Waals surface area contributed by atoms with Gasteiger partial charge in [0.25, 0.3) is 0 Å². The SMILES string of the molecule is CC(C)=CCC/C(C)=C/COc1ccc([C@@H](O)CNC(=O)/C=C/S(C)(=O)=O)cc1. The van der Waals surface area contributed by atoms with E-state index in [1.165, 1.54) is 11.1 Å². The maximum atomic E-state index is 11.5. The van der Waals surface area contributed by atoms with E-state index in [-0.39, 0.29) is 6.54 Å². The van der Waals surface area contributed by atoms with E-state index < -0.39 is 21.8 Å². The summed E-state index contributed by atoms with van der Waals surface area (Å²) < 4.78 is 27.6. The number of ether oxygens (including phenoxy) is 1. The molecule has 160 valence electrons. The van der Waals surface area contributed by atoms with E-state index in [0.29, 0.717) is 17.9 Å². The molecule has 0 fully saturated rings. The van der Waals surface area contributed by atoms with Crippen molar-refractivity contribution in [1.82, 2.24) is 5.32 Å². The second-order valence-electron chi connectivity index (χ2n) is 7.14. The van der Waals surface area contributed by atoms with Gasteiger partial charge in [-0.15, -0.1) is 0 Å². The van der Waals surface area contributed by atoms with Crippen molar-refractivity contribution >= 4 is 15.7 Å². The van der Waals surface area contributed by atoms with Crippen LogP contribution in [0.25, 0.3) is 0 Å². The number of hydrogen-bond donors (Lipinski definition) is 2. The van der Waals surface area contributed by atoms with Crippen molar-refractivity contribution in [1.29, 1.82) is 0 Å². The van der Waals surface area contributed by atoms with Gasteiger partial charge in [0.1, 0.15) is 12.4 Å². The molecule has 1 amide bonds. The Morgan fingerprint density at radius 2 is 1.83 bits per heavy atom. The smallest absolute Gasteiger partial charge is 0.244 e. The second kappa shape index (κ2) is 12.2. The number of aliphatic hydroxyl groups is 1. The van der Waals surface area contributed by atoms with Crippen LogP contribution in [0.5, 0.6) is 5.75 Å². The molecule has 0 unspecified atom stereocenters. The van der Waals surface area contributed by atoms with Crippen LogP contribution in [0.4, 0.5) is 0 Å². The van der Waals surface area contributed by atoms with Crippen LogP contribution in [0, 0.1) is 0 Å². The minimum atomic E-state index is -3.36. The molecule has 0 aliphatic rings. The number of aliphatic hydroxyl groups excluding tert-OH is 1. The van der Waals surface area contributed by atoms with Crippen LogP contribution in [0.2, 0.25) is 0 Å². The molecule has 1 atom stereocenters. The molecule has 0 aromatic heterocycles. The number of amides is 1. The number of carbonyl (C=O) groups excluding carboxylic acids is 1. The molecule has 0 radical (unpaired) electrons. The first-order valence-corrected chi connectivity index (χ1v) is 11.4. The molecule has 1 aromatic carbocycles. The Bertz CT molecular complexity index is 848. The lowest BCUT2D eigenvalue weighted by Crippen LogP contribution is -2.26. The minimum Gasteiger partial charge on any atom is -0.490 e. The summed E-state index contributed by atoms with van der Waals surface area (Å²) in [5.41, 5.74) is 3.22. The van der Waals surface area contributed by atoms with Gasteiger partial charge in [-0.05, 0) is 57.4 Å². The summed E-state index contributed by atoms with van der Waals surface area (Å²) in [4.78, 5) is 11.5. The number of benzene rings is 1. The van der Waals surface area contributed by atoms with Crippen molar-refractivity contribution < 1.29 is 23.1 Å². The molecule has 0 aliphatic carbocycles. The molecule has 0 bridgehead atoms. The van der Waals surface area contributed by atoms with Crippen molar-refractivity contribution in [2.45, 2.75) is 39.7 Å². The number of sulfone groups is 1. The lowest BCUT2D eigenvalue weighted by Gasteiger charge is -2.12. The molecule has 0 spiro atoms. The van der Waals surface area contributed by atoms with Crippen molar-refractivity contribution in [2.24, 2.45) is 0 Å². The van der Waals surface area contributed by atoms with Gasteiger partial charge < -0.3 is 15.2 Å². The van der Waals surface area contributed by atoms with Crippen molar-refractivity contribution in [3.63, 3.8) is 0 Å². The van der Waals surface area contributed by atoms with E-state index in [1.54, 1.807) is 24.3 Å². The third-order valence-corrected chi connectivity index (χ3v) is 4.60. The molecule has 1 rings (SSSR count). The lowest BCUT2D eigenvalue weighted by atomic mass is 10.1. The van der Waals surface area contributed by atoms with Crippen molar-refractivity contribution in [2.75, 3.05) is 19.4 Å². The van der Waals surface area contributed by atoms with E-state index in [4.69, 9.17) is 4.74 Å². The normalized spacial score (nSPS) is 13.2. The Morgan fingerprint density at radius 3 is 2.41 bits per heavy atom. The fourth-order valence-corrected chi connectivity index (χ4v) is 2.69. The van der Waals surface area contributed by atoms with Gasteiger partial charge in [-0.25, -0.2) is 8.42 Å². The van der Waals surface area contributed by atoms with Crippen LogP contribution in [-0.2, 0) is 14.6 Å². The van der Waals surface area contributed by atoms with Gasteiger partial charge in [-0.1, -0.05) is 29.4 Å². The van der Waals surface area contributed by atoms with Gasteiger partial charge in [0, 0.05) is 24.3 Å². The molecule has 0 saturated carbocycles. The molecular formula is C22H31NO5S. The molecule has 29 heavy (non-hydrogen) atoms. The van der Waals surface area contributed by atoms with Crippen LogP contribution in [0.15, 0.2) is 59.0 Å². The average molecular weight is 422 g/mol.